The summed E-state index contributed by atoms with van der Waals surface area (Å²) in [5, 5.41) is 21.9. The van der Waals surface area contributed by atoms with Crippen LogP contribution in [0.3, 0.4) is 0 Å². The van der Waals surface area contributed by atoms with Crippen LogP contribution < -0.4 is 10.6 Å². The topological polar surface area (TPSA) is 159 Å². The summed E-state index contributed by atoms with van der Waals surface area (Å²) >= 11 is 1.11. The van der Waals surface area contributed by atoms with E-state index in [9.17, 15) is 14.4 Å². The number of nitrogens with zero attached hydrogens (tertiary/aromatic N) is 3. The average Bonchev–Trinajstić information content (AvgIpc) is 3.59. The lowest BCUT2D eigenvalue weighted by Crippen LogP contribution is -2.24. The number of amides is 2. The molecule has 1 aliphatic carbocycles. The highest BCUT2D eigenvalue weighted by Gasteiger charge is 2.29. The number of carboxylic acids is 1. The van der Waals surface area contributed by atoms with E-state index < -0.39 is 18.0 Å². The Balaban J connectivity index is 1.16. The maximum atomic E-state index is 12.4. The van der Waals surface area contributed by atoms with Crippen LogP contribution >= 0.6 is 11.3 Å². The number of aromatic carboxylic acids is 1. The van der Waals surface area contributed by atoms with E-state index in [-0.39, 0.29) is 36.5 Å². The second-order valence-corrected chi connectivity index (χ2v) is 8.52. The van der Waals surface area contributed by atoms with Gasteiger partial charge in [0.2, 0.25) is 5.82 Å². The first-order chi connectivity index (χ1) is 17.0. The molecule has 0 radical (unpaired) electrons. The number of benzene rings is 2. The molecule has 2 aromatic heterocycles. The van der Waals surface area contributed by atoms with Gasteiger partial charge in [-0.3, -0.25) is 15.2 Å². The molecule has 1 aliphatic rings. The van der Waals surface area contributed by atoms with Gasteiger partial charge in [0.1, 0.15) is 11.6 Å². The van der Waals surface area contributed by atoms with Gasteiger partial charge in [-0.25, -0.2) is 14.6 Å². The summed E-state index contributed by atoms with van der Waals surface area (Å²) in [6.45, 7) is 0.149. The van der Waals surface area contributed by atoms with Crippen LogP contribution in [-0.4, -0.2) is 49.8 Å². The fraction of sp³-hybridized carbons (Fsp3) is 0.130. The molecule has 2 heterocycles. The van der Waals surface area contributed by atoms with Crippen LogP contribution in [-0.2, 0) is 11.3 Å². The number of nitrogens with one attached hydrogen (secondary N) is 3. The van der Waals surface area contributed by atoms with Gasteiger partial charge in [0, 0.05) is 11.3 Å². The summed E-state index contributed by atoms with van der Waals surface area (Å²) in [6.07, 6.45) is -0.748. The molecule has 0 atom stereocenters. The Labute approximate surface area is 202 Å². The maximum Gasteiger partial charge on any atom is 0.414 e. The first-order valence-electron chi connectivity index (χ1n) is 10.5. The molecule has 0 saturated carbocycles. The van der Waals surface area contributed by atoms with E-state index >= 15 is 0 Å². The van der Waals surface area contributed by atoms with Crippen LogP contribution in [0.25, 0.3) is 11.1 Å². The molecule has 12 heteroatoms. The van der Waals surface area contributed by atoms with E-state index in [0.29, 0.717) is 5.01 Å². The first-order valence-corrected chi connectivity index (χ1v) is 11.4. The first kappa shape index (κ1) is 22.2. The van der Waals surface area contributed by atoms with Crippen molar-refractivity contribution in [2.75, 3.05) is 11.9 Å². The number of hydrogen-bond donors (Lipinski definition) is 4. The highest BCUT2D eigenvalue weighted by atomic mass is 32.1. The van der Waals surface area contributed by atoms with E-state index in [1.807, 2.05) is 48.5 Å². The molecule has 11 nitrogen and oxygen atoms in total. The summed E-state index contributed by atoms with van der Waals surface area (Å²) in [4.78, 5) is 43.3. The zero-order chi connectivity index (χ0) is 24.4. The maximum absolute atomic E-state index is 12.4. The van der Waals surface area contributed by atoms with Gasteiger partial charge < -0.3 is 15.2 Å². The lowest BCUT2D eigenvalue weighted by molar-refractivity contribution is 0.0691. The number of aromatic amines is 1. The van der Waals surface area contributed by atoms with Gasteiger partial charge >= 0.3 is 12.1 Å². The smallest absolute Gasteiger partial charge is 0.414 e. The molecule has 0 saturated heterocycles. The van der Waals surface area contributed by atoms with Crippen molar-refractivity contribution in [2.24, 2.45) is 0 Å². The number of carboxylic acid groups (broad SMARTS) is 1. The number of carbonyl (C=O) groups is 3. The van der Waals surface area contributed by atoms with Crippen LogP contribution in [0.2, 0.25) is 0 Å². The largest absolute Gasteiger partial charge is 0.476 e. The summed E-state index contributed by atoms with van der Waals surface area (Å²) in [7, 11) is 0. The molecule has 0 unspecified atom stereocenters. The van der Waals surface area contributed by atoms with Crippen LogP contribution in [0, 0.1) is 0 Å². The fourth-order valence-corrected chi connectivity index (χ4v) is 4.58. The lowest BCUT2D eigenvalue weighted by atomic mass is 9.98. The standard InChI is InChI=1S/C23H18N6O5S/c30-20(24-9-18-25-17(11-35-18)21(31)32)19-26-22(29-28-19)27-23(33)34-10-16-14-7-3-1-5-12(14)13-6-2-4-8-15(13)16/h1-8,11,16H,9-10H2,(H,24,30)(H,31,32)(H2,26,27,28,29,33). The molecule has 35 heavy (non-hydrogen) atoms. The monoisotopic (exact) mass is 490 g/mol. The van der Waals surface area contributed by atoms with Gasteiger partial charge in [0.15, 0.2) is 5.69 Å². The minimum atomic E-state index is -1.14. The lowest BCUT2D eigenvalue weighted by Gasteiger charge is -2.13. The summed E-state index contributed by atoms with van der Waals surface area (Å²) in [5.74, 6) is -2.07. The number of rotatable bonds is 7. The number of H-pyrrole nitrogens is 1. The number of anilines is 1. The zero-order valence-electron chi connectivity index (χ0n) is 18.0. The molecule has 2 aromatic carbocycles. The Morgan fingerprint density at radius 3 is 2.37 bits per heavy atom. The summed E-state index contributed by atoms with van der Waals surface area (Å²) < 4.78 is 5.44. The Morgan fingerprint density at radius 1 is 1.03 bits per heavy atom. The van der Waals surface area contributed by atoms with Crippen LogP contribution in [0.5, 0.6) is 0 Å². The van der Waals surface area contributed by atoms with Crippen molar-refractivity contribution in [1.82, 2.24) is 25.5 Å². The third-order valence-electron chi connectivity index (χ3n) is 5.43. The molecule has 176 valence electrons. The quantitative estimate of drug-likeness (QED) is 0.307. The predicted molar refractivity (Wildman–Crippen MR) is 125 cm³/mol. The molecule has 2 amide bonds. The highest BCUT2D eigenvalue weighted by Crippen LogP contribution is 2.44. The molecule has 0 aliphatic heterocycles. The molecular formula is C23H18N6O5S. The van der Waals surface area contributed by atoms with E-state index in [0.717, 1.165) is 33.6 Å². The second kappa shape index (κ2) is 9.35. The normalized spacial score (nSPS) is 12.0. The summed E-state index contributed by atoms with van der Waals surface area (Å²) in [5.41, 5.74) is 4.34. The summed E-state index contributed by atoms with van der Waals surface area (Å²) in [6, 6.07) is 16.0. The van der Waals surface area contributed by atoms with Crippen molar-refractivity contribution in [2.45, 2.75) is 12.5 Å². The van der Waals surface area contributed by atoms with Crippen molar-refractivity contribution >= 4 is 35.3 Å². The number of fused-ring (bicyclic) bond motifs is 3. The van der Waals surface area contributed by atoms with E-state index in [1.54, 1.807) is 0 Å². The molecule has 4 aromatic rings. The molecule has 0 bridgehead atoms. The minimum Gasteiger partial charge on any atom is -0.476 e. The van der Waals surface area contributed by atoms with Crippen molar-refractivity contribution in [3.63, 3.8) is 0 Å². The predicted octanol–water partition coefficient (Wildman–Crippen LogP) is 3.25. The molecular weight excluding hydrogens is 472 g/mol. The molecule has 5 rings (SSSR count). The minimum absolute atomic E-state index is 0.0205. The van der Waals surface area contributed by atoms with Gasteiger partial charge in [-0.15, -0.1) is 16.4 Å². The highest BCUT2D eigenvalue weighted by molar-refractivity contribution is 7.09. The third kappa shape index (κ3) is 4.59. The van der Waals surface area contributed by atoms with Gasteiger partial charge in [0.25, 0.3) is 11.9 Å². The van der Waals surface area contributed by atoms with Crippen molar-refractivity contribution in [3.8, 4) is 11.1 Å². The Bertz CT molecular complexity index is 1390. The van der Waals surface area contributed by atoms with Crippen molar-refractivity contribution in [3.05, 3.63) is 81.6 Å². The van der Waals surface area contributed by atoms with Crippen molar-refractivity contribution < 1.29 is 24.2 Å². The molecule has 0 spiro atoms. The number of thiazole rings is 1. The van der Waals surface area contributed by atoms with Gasteiger partial charge in [-0.05, 0) is 22.3 Å². The number of aromatic nitrogens is 4. The van der Waals surface area contributed by atoms with Crippen LogP contribution in [0.4, 0.5) is 10.7 Å². The van der Waals surface area contributed by atoms with Gasteiger partial charge in [-0.2, -0.15) is 4.98 Å². The fourth-order valence-electron chi connectivity index (χ4n) is 3.87. The average molecular weight is 491 g/mol. The Kier molecular flexibility index (Phi) is 5.94. The van der Waals surface area contributed by atoms with E-state index in [1.165, 1.54) is 5.38 Å². The van der Waals surface area contributed by atoms with E-state index in [4.69, 9.17) is 9.84 Å². The third-order valence-corrected chi connectivity index (χ3v) is 6.28. The van der Waals surface area contributed by atoms with Gasteiger partial charge in [0.05, 0.1) is 6.54 Å². The van der Waals surface area contributed by atoms with Crippen LogP contribution in [0.1, 0.15) is 43.2 Å². The molecule has 0 fully saturated rings. The SMILES string of the molecule is O=C(Nc1n[nH]c(C(=O)NCc2nc(C(=O)O)cs2)n1)OCC1c2ccccc2-c2ccccc21. The number of carbonyl (C=O) groups excluding carboxylic acids is 2. The van der Waals surface area contributed by atoms with Crippen LogP contribution in [0.15, 0.2) is 53.9 Å². The molecule has 4 N–H and O–H groups in total. The van der Waals surface area contributed by atoms with E-state index in [2.05, 4.69) is 30.8 Å². The van der Waals surface area contributed by atoms with Gasteiger partial charge in [-0.1, -0.05) is 48.5 Å². The second-order valence-electron chi connectivity index (χ2n) is 7.57. The Morgan fingerprint density at radius 2 is 1.71 bits per heavy atom. The zero-order valence-corrected chi connectivity index (χ0v) is 18.8. The number of ether oxygens (including phenoxy) is 1. The Hall–Kier alpha value is -4.58. The van der Waals surface area contributed by atoms with Crippen molar-refractivity contribution in [1.29, 1.82) is 0 Å². The number of hydrogen-bond acceptors (Lipinski definition) is 8.